The van der Waals surface area contributed by atoms with E-state index in [1.807, 2.05) is 0 Å². The molecule has 0 aromatic carbocycles. The van der Waals surface area contributed by atoms with Crippen LogP contribution in [0.3, 0.4) is 0 Å². The average molecular weight is 1000 g/mol. The first kappa shape index (κ1) is 59.0. The van der Waals surface area contributed by atoms with Crippen LogP contribution in [0, 0.1) is 0 Å². The second kappa shape index (κ2) is 43.3. The Morgan fingerprint density at radius 2 is 0.871 bits per heavy atom. The van der Waals surface area contributed by atoms with Crippen LogP contribution in [-0.2, 0) is 52.5 Å². The summed E-state index contributed by atoms with van der Waals surface area (Å²) in [6.45, 7) is 2.03. The Morgan fingerprint density at radius 1 is 0.452 bits per heavy atom. The molecule has 2 atom stereocenters. The van der Waals surface area contributed by atoms with Crippen LogP contribution in [0.25, 0.3) is 0 Å². The van der Waals surface area contributed by atoms with Gasteiger partial charge in [-0.25, -0.2) is 4.79 Å². The van der Waals surface area contributed by atoms with Gasteiger partial charge in [0.25, 0.3) is 0 Å². The number of nitrogens with two attached hydrogens (primary N) is 1. The van der Waals surface area contributed by atoms with E-state index >= 15 is 0 Å². The van der Waals surface area contributed by atoms with Crippen LogP contribution < -0.4 is 27.0 Å². The van der Waals surface area contributed by atoms with Gasteiger partial charge in [-0.2, -0.15) is 0 Å². The number of carbonyl (C=O) groups excluding carboxylic acids is 5. The van der Waals surface area contributed by atoms with E-state index in [1.165, 1.54) is 57.8 Å². The van der Waals surface area contributed by atoms with Crippen molar-refractivity contribution in [3.05, 3.63) is 0 Å². The Labute approximate surface area is 382 Å². The van der Waals surface area contributed by atoms with Gasteiger partial charge in [0.15, 0.2) is 0 Å². The zero-order valence-electron chi connectivity index (χ0n) is 37.0. The fourth-order valence-electron chi connectivity index (χ4n) is 6.15. The SMILES string of the molecule is N[C@@H](CCCCNC(=O)COCCOCCNC(=O)COCCOCCNC(=O)CC[C@H](NC(=O)CCCCCCCCCCCCCCCCCCC(=O)O)C(=O)O)C(=O)I. The van der Waals surface area contributed by atoms with Crippen molar-refractivity contribution >= 4 is 61.9 Å². The topological polar surface area (TPSA) is 271 Å². The van der Waals surface area contributed by atoms with Gasteiger partial charge in [-0.05, 0) is 38.5 Å². The quantitative estimate of drug-likeness (QED) is 0.0255. The van der Waals surface area contributed by atoms with Gasteiger partial charge in [0, 0.05) is 61.5 Å². The Morgan fingerprint density at radius 3 is 1.32 bits per heavy atom. The van der Waals surface area contributed by atoms with Gasteiger partial charge >= 0.3 is 11.9 Å². The Kier molecular flexibility index (Phi) is 41.2. The molecule has 8 N–H and O–H groups in total. The fraction of sp³-hybridized carbons (Fsp3) is 0.837. The van der Waals surface area contributed by atoms with Gasteiger partial charge in [-0.15, -0.1) is 0 Å². The summed E-state index contributed by atoms with van der Waals surface area (Å²) in [6.07, 6.45) is 20.3. The Balaban J connectivity index is 3.63. The molecule has 4 amide bonds. The molecule has 0 aliphatic carbocycles. The zero-order valence-corrected chi connectivity index (χ0v) is 39.2. The number of nitrogens with one attached hydrogen (secondary N) is 4. The largest absolute Gasteiger partial charge is 0.481 e. The predicted octanol–water partition coefficient (Wildman–Crippen LogP) is 4.32. The zero-order chi connectivity index (χ0) is 45.9. The van der Waals surface area contributed by atoms with E-state index in [0.717, 1.165) is 51.4 Å². The van der Waals surface area contributed by atoms with E-state index in [2.05, 4.69) is 21.3 Å². The van der Waals surface area contributed by atoms with Crippen LogP contribution in [0.2, 0.25) is 0 Å². The van der Waals surface area contributed by atoms with Gasteiger partial charge in [0.1, 0.15) is 19.3 Å². The summed E-state index contributed by atoms with van der Waals surface area (Å²) >= 11 is 1.68. The van der Waals surface area contributed by atoms with E-state index in [9.17, 15) is 38.7 Å². The van der Waals surface area contributed by atoms with Crippen LogP contribution in [0.4, 0.5) is 0 Å². The summed E-state index contributed by atoms with van der Waals surface area (Å²) in [5, 5.41) is 28.8. The van der Waals surface area contributed by atoms with E-state index in [4.69, 9.17) is 29.8 Å². The normalized spacial score (nSPS) is 12.0. The van der Waals surface area contributed by atoms with Crippen LogP contribution in [0.1, 0.15) is 148 Å². The molecule has 0 fully saturated rings. The lowest BCUT2D eigenvalue weighted by atomic mass is 10.0. The predicted molar refractivity (Wildman–Crippen MR) is 243 cm³/mol. The molecule has 0 saturated heterocycles. The molecule has 0 rings (SSSR count). The minimum atomic E-state index is -1.18. The molecule has 0 aromatic heterocycles. The van der Waals surface area contributed by atoms with Gasteiger partial charge in [0.05, 0.1) is 45.7 Å². The van der Waals surface area contributed by atoms with Crippen molar-refractivity contribution in [2.24, 2.45) is 5.73 Å². The number of ether oxygens (including phenoxy) is 4. The van der Waals surface area contributed by atoms with Crippen LogP contribution >= 0.6 is 22.6 Å². The standard InChI is InChI=1S/C43H78IN5O13/c44-42(56)35(45)19-17-18-24-46-39(52)33-61-31-30-60-28-26-48-40(53)34-62-32-29-59-27-25-47-37(50)23-22-36(43(57)58)49-38(51)20-15-13-11-9-7-5-3-1-2-4-6-8-10-12-14-16-21-41(54)55/h35-36H,1-34,45H2,(H,46,52)(H,47,50)(H,48,53)(H,49,51)(H,54,55)(H,57,58)/t35-,36-/m0/s1. The lowest BCUT2D eigenvalue weighted by Crippen LogP contribution is -2.41. The Hall–Kier alpha value is -2.98. The molecule has 0 saturated carbocycles. The van der Waals surface area contributed by atoms with Crippen LogP contribution in [0.15, 0.2) is 0 Å². The van der Waals surface area contributed by atoms with Gasteiger partial charge in [-0.1, -0.05) is 89.9 Å². The first-order valence-electron chi connectivity index (χ1n) is 22.7. The molecule has 0 aromatic rings. The number of hydrogen-bond acceptors (Lipinski definition) is 12. The van der Waals surface area contributed by atoms with E-state index in [1.54, 1.807) is 22.6 Å². The fourth-order valence-corrected chi connectivity index (χ4v) is 6.46. The number of hydrogen-bond donors (Lipinski definition) is 7. The number of rotatable bonds is 46. The van der Waals surface area contributed by atoms with Gasteiger partial charge < -0.3 is 56.2 Å². The monoisotopic (exact) mass is 999 g/mol. The van der Waals surface area contributed by atoms with E-state index in [-0.39, 0.29) is 119 Å². The first-order valence-corrected chi connectivity index (χ1v) is 23.8. The highest BCUT2D eigenvalue weighted by Gasteiger charge is 2.21. The van der Waals surface area contributed by atoms with Crippen molar-refractivity contribution < 1.29 is 62.7 Å². The molecule has 0 aliphatic heterocycles. The average Bonchev–Trinajstić information content (AvgIpc) is 3.23. The minimum Gasteiger partial charge on any atom is -0.481 e. The summed E-state index contributed by atoms with van der Waals surface area (Å²) in [4.78, 5) is 81.5. The number of amides is 4. The molecule has 360 valence electrons. The second-order valence-corrected chi connectivity index (χ2v) is 16.4. The van der Waals surface area contributed by atoms with Crippen molar-refractivity contribution in [2.45, 2.75) is 160 Å². The lowest BCUT2D eigenvalue weighted by Gasteiger charge is -2.14. The molecule has 19 heteroatoms. The smallest absolute Gasteiger partial charge is 0.326 e. The summed E-state index contributed by atoms with van der Waals surface area (Å²) in [7, 11) is 0. The van der Waals surface area contributed by atoms with Crippen molar-refractivity contribution in [3.63, 3.8) is 0 Å². The molecule has 0 aliphatic rings. The van der Waals surface area contributed by atoms with E-state index in [0.29, 0.717) is 19.4 Å². The number of halogens is 1. The highest BCUT2D eigenvalue weighted by molar-refractivity contribution is 14.1. The Bertz CT molecular complexity index is 1220. The summed E-state index contributed by atoms with van der Waals surface area (Å²) < 4.78 is 21.2. The third kappa shape index (κ3) is 42.3. The highest BCUT2D eigenvalue weighted by Crippen LogP contribution is 2.14. The van der Waals surface area contributed by atoms with Crippen molar-refractivity contribution in [2.75, 3.05) is 72.5 Å². The van der Waals surface area contributed by atoms with Crippen molar-refractivity contribution in [1.82, 2.24) is 21.3 Å². The summed E-state index contributed by atoms with van der Waals surface area (Å²) in [5.41, 5.74) is 5.66. The van der Waals surface area contributed by atoms with Crippen LogP contribution in [-0.4, -0.2) is 134 Å². The van der Waals surface area contributed by atoms with Crippen LogP contribution in [0.5, 0.6) is 0 Å². The van der Waals surface area contributed by atoms with Gasteiger partial charge in [-0.3, -0.25) is 28.8 Å². The number of carbonyl (C=O) groups is 7. The maximum atomic E-state index is 12.3. The van der Waals surface area contributed by atoms with Crippen molar-refractivity contribution in [3.8, 4) is 0 Å². The molecular formula is C43H78IN5O13. The maximum Gasteiger partial charge on any atom is 0.326 e. The molecule has 0 heterocycles. The molecule has 18 nitrogen and oxygen atoms in total. The first-order chi connectivity index (χ1) is 29.9. The number of carboxylic acid groups (broad SMARTS) is 2. The number of aliphatic carboxylic acids is 2. The number of carboxylic acids is 2. The third-order valence-electron chi connectivity index (χ3n) is 9.74. The minimum absolute atomic E-state index is 0.0239. The molecule has 0 bridgehead atoms. The van der Waals surface area contributed by atoms with Gasteiger partial charge in [0.2, 0.25) is 27.4 Å². The molecular weight excluding hydrogens is 921 g/mol. The molecule has 0 unspecified atom stereocenters. The van der Waals surface area contributed by atoms with Crippen molar-refractivity contribution in [1.29, 1.82) is 0 Å². The maximum absolute atomic E-state index is 12.3. The summed E-state index contributed by atoms with van der Waals surface area (Å²) in [6, 6.07) is -1.60. The highest BCUT2D eigenvalue weighted by atomic mass is 127. The second-order valence-electron chi connectivity index (χ2n) is 15.3. The van der Waals surface area contributed by atoms with E-state index < -0.39 is 24.0 Å². The summed E-state index contributed by atoms with van der Waals surface area (Å²) in [5.74, 6) is -3.12. The number of unbranched alkanes of at least 4 members (excludes halogenated alkanes) is 16. The lowest BCUT2D eigenvalue weighted by molar-refractivity contribution is -0.142. The molecule has 0 spiro atoms. The third-order valence-corrected chi connectivity index (χ3v) is 10.5. The molecule has 0 radical (unpaired) electrons. The molecule has 62 heavy (non-hydrogen) atoms.